The van der Waals surface area contributed by atoms with E-state index in [1.165, 1.54) is 50.6 Å². The Balaban J connectivity index is 1.20. The van der Waals surface area contributed by atoms with E-state index in [0.717, 1.165) is 61.9 Å². The number of fused-ring (bicyclic) bond motifs is 5. The van der Waals surface area contributed by atoms with Crippen molar-refractivity contribution in [1.29, 1.82) is 0 Å². The van der Waals surface area contributed by atoms with Crippen LogP contribution in [0.5, 0.6) is 5.75 Å². The molecule has 1 aliphatic carbocycles. The molecule has 1 aromatic rings. The van der Waals surface area contributed by atoms with Crippen LogP contribution in [0, 0.1) is 17.8 Å². The molecular formula is C24H32N2O2. The quantitative estimate of drug-likeness (QED) is 0.784. The first-order chi connectivity index (χ1) is 13.8. The van der Waals surface area contributed by atoms with Gasteiger partial charge in [0.15, 0.2) is 0 Å². The van der Waals surface area contributed by atoms with Gasteiger partial charge >= 0.3 is 0 Å². The van der Waals surface area contributed by atoms with E-state index in [9.17, 15) is 4.79 Å². The van der Waals surface area contributed by atoms with Crippen molar-refractivity contribution in [3.8, 4) is 5.75 Å². The third-order valence-electron chi connectivity index (χ3n) is 8.04. The number of aryl methyl sites for hydroxylation is 1. The molecule has 1 amide bonds. The Bertz CT molecular complexity index is 774. The van der Waals surface area contributed by atoms with Crippen LogP contribution in [0.1, 0.15) is 60.9 Å². The van der Waals surface area contributed by atoms with Crippen LogP contribution in [0.3, 0.4) is 0 Å². The summed E-state index contributed by atoms with van der Waals surface area (Å²) in [6.07, 6.45) is 10.5. The molecular weight excluding hydrogens is 348 g/mol. The lowest BCUT2D eigenvalue weighted by Crippen LogP contribution is -2.62. The number of hydrogen-bond acceptors (Lipinski definition) is 3. The molecule has 0 spiro atoms. The molecule has 1 saturated carbocycles. The number of benzene rings is 1. The van der Waals surface area contributed by atoms with E-state index < -0.39 is 0 Å². The van der Waals surface area contributed by atoms with Crippen molar-refractivity contribution in [1.82, 2.24) is 9.80 Å². The van der Waals surface area contributed by atoms with E-state index in [1.54, 1.807) is 0 Å². The lowest BCUT2D eigenvalue weighted by molar-refractivity contribution is -0.0551. The van der Waals surface area contributed by atoms with Crippen molar-refractivity contribution < 1.29 is 9.53 Å². The molecule has 4 heteroatoms. The zero-order valence-electron chi connectivity index (χ0n) is 16.8. The number of piperidine rings is 3. The Morgan fingerprint density at radius 1 is 0.964 bits per heavy atom. The minimum Gasteiger partial charge on any atom is -0.493 e. The van der Waals surface area contributed by atoms with Gasteiger partial charge in [0.1, 0.15) is 5.75 Å². The van der Waals surface area contributed by atoms with Crippen LogP contribution in [0.4, 0.5) is 0 Å². The first-order valence-electron chi connectivity index (χ1n) is 11.6. The fourth-order valence-electron chi connectivity index (χ4n) is 6.68. The summed E-state index contributed by atoms with van der Waals surface area (Å²) in [6.45, 7) is 3.94. The maximum Gasteiger partial charge on any atom is 0.253 e. The van der Waals surface area contributed by atoms with Crippen LogP contribution in [-0.2, 0) is 6.42 Å². The molecule has 4 fully saturated rings. The van der Waals surface area contributed by atoms with Gasteiger partial charge in [0.25, 0.3) is 5.91 Å². The molecule has 150 valence electrons. The fourth-order valence-corrected chi connectivity index (χ4v) is 6.68. The SMILES string of the molecule is O=C(c1ccc2c(c1)CCCO2)N1C[C@@H]2C[C@H](C1)[C@@H]1CCC[C@H](C3CC3)N1C2. The molecule has 28 heavy (non-hydrogen) atoms. The van der Waals surface area contributed by atoms with Gasteiger partial charge in [0, 0.05) is 37.3 Å². The lowest BCUT2D eigenvalue weighted by atomic mass is 9.74. The van der Waals surface area contributed by atoms with Crippen molar-refractivity contribution in [2.45, 2.75) is 63.5 Å². The van der Waals surface area contributed by atoms with Crippen molar-refractivity contribution in [2.24, 2.45) is 17.8 Å². The number of hydrogen-bond donors (Lipinski definition) is 0. The maximum absolute atomic E-state index is 13.3. The number of rotatable bonds is 2. The predicted octanol–water partition coefficient (Wildman–Crippen LogP) is 3.74. The number of likely N-dealkylation sites (tertiary alicyclic amines) is 1. The number of amides is 1. The van der Waals surface area contributed by atoms with E-state index in [4.69, 9.17) is 4.74 Å². The van der Waals surface area contributed by atoms with Gasteiger partial charge in [-0.1, -0.05) is 6.42 Å². The largest absolute Gasteiger partial charge is 0.493 e. The summed E-state index contributed by atoms with van der Waals surface area (Å²) < 4.78 is 5.73. The molecule has 3 saturated heterocycles. The van der Waals surface area contributed by atoms with E-state index in [-0.39, 0.29) is 5.91 Å². The first-order valence-corrected chi connectivity index (χ1v) is 11.6. The molecule has 6 rings (SSSR count). The highest BCUT2D eigenvalue weighted by Gasteiger charge is 2.48. The Kier molecular flexibility index (Phi) is 4.18. The highest BCUT2D eigenvalue weighted by molar-refractivity contribution is 5.94. The highest BCUT2D eigenvalue weighted by atomic mass is 16.5. The summed E-state index contributed by atoms with van der Waals surface area (Å²) >= 11 is 0. The van der Waals surface area contributed by atoms with Gasteiger partial charge in [-0.15, -0.1) is 0 Å². The van der Waals surface area contributed by atoms with Crippen molar-refractivity contribution in [3.05, 3.63) is 29.3 Å². The monoisotopic (exact) mass is 380 g/mol. The fraction of sp³-hybridized carbons (Fsp3) is 0.708. The molecule has 5 aliphatic rings. The standard InChI is InChI=1S/C24H32N2O2/c27-24(19-8-9-23-18(12-19)3-2-10-28-23)25-13-16-11-20(15-25)22-5-1-4-21(17-6-7-17)26(22)14-16/h8-9,12,16-17,20-22H,1-7,10-11,13-15H2/t16-,20+,21+,22-/m0/s1. The average Bonchev–Trinajstić information content (AvgIpc) is 3.57. The van der Waals surface area contributed by atoms with Crippen LogP contribution >= 0.6 is 0 Å². The zero-order chi connectivity index (χ0) is 18.7. The average molecular weight is 381 g/mol. The third kappa shape index (κ3) is 2.96. The molecule has 0 unspecified atom stereocenters. The molecule has 2 bridgehead atoms. The second-order valence-electron chi connectivity index (χ2n) is 9.95. The lowest BCUT2D eigenvalue weighted by Gasteiger charge is -2.55. The van der Waals surface area contributed by atoms with Crippen molar-refractivity contribution in [2.75, 3.05) is 26.2 Å². The Labute approximate surface area is 168 Å². The van der Waals surface area contributed by atoms with E-state index >= 15 is 0 Å². The number of ether oxygens (including phenoxy) is 1. The van der Waals surface area contributed by atoms with Gasteiger partial charge in [0.2, 0.25) is 0 Å². The molecule has 1 aromatic carbocycles. The predicted molar refractivity (Wildman–Crippen MR) is 109 cm³/mol. The van der Waals surface area contributed by atoms with Crippen LogP contribution < -0.4 is 4.74 Å². The summed E-state index contributed by atoms with van der Waals surface area (Å²) in [4.78, 5) is 18.4. The number of carbonyl (C=O) groups is 1. The maximum atomic E-state index is 13.3. The van der Waals surface area contributed by atoms with Gasteiger partial charge in [-0.3, -0.25) is 9.69 Å². The molecule has 4 nitrogen and oxygen atoms in total. The normalized spacial score (nSPS) is 34.9. The number of carbonyl (C=O) groups excluding carboxylic acids is 1. The van der Waals surface area contributed by atoms with Crippen molar-refractivity contribution in [3.63, 3.8) is 0 Å². The van der Waals surface area contributed by atoms with Gasteiger partial charge in [0.05, 0.1) is 6.61 Å². The topological polar surface area (TPSA) is 32.8 Å². The van der Waals surface area contributed by atoms with E-state index in [1.807, 2.05) is 12.1 Å². The Hall–Kier alpha value is -1.55. The molecule has 4 atom stereocenters. The number of nitrogens with zero attached hydrogens (tertiary/aromatic N) is 2. The summed E-state index contributed by atoms with van der Waals surface area (Å²) in [7, 11) is 0. The van der Waals surface area contributed by atoms with E-state index in [0.29, 0.717) is 11.8 Å². The second-order valence-corrected chi connectivity index (χ2v) is 9.95. The Morgan fingerprint density at radius 3 is 2.68 bits per heavy atom. The minimum absolute atomic E-state index is 0.242. The van der Waals surface area contributed by atoms with Gasteiger partial charge in [-0.25, -0.2) is 0 Å². The summed E-state index contributed by atoms with van der Waals surface area (Å²) in [5.74, 6) is 3.55. The van der Waals surface area contributed by atoms with Crippen LogP contribution in [0.2, 0.25) is 0 Å². The molecule has 0 N–H and O–H groups in total. The summed E-state index contributed by atoms with van der Waals surface area (Å²) in [5, 5.41) is 0. The summed E-state index contributed by atoms with van der Waals surface area (Å²) in [5.41, 5.74) is 2.07. The Morgan fingerprint density at radius 2 is 1.82 bits per heavy atom. The molecule has 0 aromatic heterocycles. The molecule has 4 aliphatic heterocycles. The second kappa shape index (κ2) is 6.76. The van der Waals surface area contributed by atoms with Crippen LogP contribution in [0.25, 0.3) is 0 Å². The minimum atomic E-state index is 0.242. The van der Waals surface area contributed by atoms with Crippen molar-refractivity contribution >= 4 is 5.91 Å². The van der Waals surface area contributed by atoms with Gasteiger partial charge in [-0.05, 0) is 86.5 Å². The zero-order valence-corrected chi connectivity index (χ0v) is 16.8. The molecule has 0 radical (unpaired) electrons. The van der Waals surface area contributed by atoms with E-state index in [2.05, 4.69) is 15.9 Å². The van der Waals surface area contributed by atoms with Crippen LogP contribution in [-0.4, -0.2) is 54.0 Å². The molecule has 4 heterocycles. The highest BCUT2D eigenvalue weighted by Crippen LogP contribution is 2.46. The third-order valence-corrected chi connectivity index (χ3v) is 8.04. The first kappa shape index (κ1) is 17.3. The van der Waals surface area contributed by atoms with Gasteiger partial charge < -0.3 is 9.64 Å². The summed E-state index contributed by atoms with van der Waals surface area (Å²) in [6, 6.07) is 7.66. The van der Waals surface area contributed by atoms with Gasteiger partial charge in [-0.2, -0.15) is 0 Å². The smallest absolute Gasteiger partial charge is 0.253 e. The van der Waals surface area contributed by atoms with Crippen LogP contribution in [0.15, 0.2) is 18.2 Å².